The number of nitrogens with zero attached hydrogens (tertiary/aromatic N) is 1. The van der Waals surface area contributed by atoms with Crippen molar-refractivity contribution in [3.05, 3.63) is 71.3 Å². The molecule has 2 aliphatic heterocycles. The molecule has 274 valence electrons. The fourth-order valence-electron chi connectivity index (χ4n) is 5.70. The van der Waals surface area contributed by atoms with Crippen LogP contribution in [0.15, 0.2) is 54.6 Å². The van der Waals surface area contributed by atoms with Crippen LogP contribution in [0.25, 0.3) is 6.08 Å². The Morgan fingerprint density at radius 2 is 1.76 bits per heavy atom. The minimum absolute atomic E-state index is 0.123. The molecule has 0 aromatic heterocycles. The molecule has 2 aromatic carbocycles. The first-order chi connectivity index (χ1) is 23.6. The van der Waals surface area contributed by atoms with Gasteiger partial charge in [-0.25, -0.2) is 9.59 Å². The lowest BCUT2D eigenvalue weighted by Crippen LogP contribution is -2.37. The molecule has 2 heterocycles. The van der Waals surface area contributed by atoms with E-state index in [1.807, 2.05) is 104 Å². The van der Waals surface area contributed by atoms with Crippen molar-refractivity contribution in [1.82, 2.24) is 0 Å². The third kappa shape index (κ3) is 10.3. The summed E-state index contributed by atoms with van der Waals surface area (Å²) in [5.41, 5.74) is 1.47. The largest absolute Gasteiger partial charge is 0.497 e. The number of hydrogen-bond acceptors (Lipinski definition) is 10. The highest BCUT2D eigenvalue weighted by molar-refractivity contribution is 5.99. The zero-order valence-electron chi connectivity index (χ0n) is 31.0. The number of amides is 1. The third-order valence-electron chi connectivity index (χ3n) is 8.35. The van der Waals surface area contributed by atoms with Gasteiger partial charge in [0.2, 0.25) is 0 Å². The first-order valence-electron chi connectivity index (χ1n) is 17.1. The molecule has 1 fully saturated rings. The van der Waals surface area contributed by atoms with Crippen LogP contribution >= 0.6 is 0 Å². The first kappa shape index (κ1) is 38.9. The summed E-state index contributed by atoms with van der Waals surface area (Å²) in [7, 11) is 3.12. The molecule has 50 heavy (non-hydrogen) atoms. The summed E-state index contributed by atoms with van der Waals surface area (Å²) < 4.78 is 47.5. The Morgan fingerprint density at radius 1 is 1.04 bits per heavy atom. The van der Waals surface area contributed by atoms with Gasteiger partial charge < -0.3 is 37.9 Å². The maximum atomic E-state index is 13.9. The zero-order chi connectivity index (χ0) is 36.6. The Balaban J connectivity index is 1.76. The van der Waals surface area contributed by atoms with Crippen LogP contribution in [0, 0.1) is 5.92 Å². The highest BCUT2D eigenvalue weighted by Crippen LogP contribution is 2.36. The second-order valence-electron chi connectivity index (χ2n) is 13.9. The SMILES string of the molecule is CCN(C(=O)OC(C)(C)C)c1cc2c(c(OCOC)c1)C(=O)O[C@@H](C)[C@H](C)/C=C\[C@@H](OCc1ccc(OC)cc1)[C@H]1OC(C)(C)O[C@H]1CC=C2. The van der Waals surface area contributed by atoms with Crippen molar-refractivity contribution in [1.29, 1.82) is 0 Å². The number of methoxy groups -OCH3 is 2. The van der Waals surface area contributed by atoms with Crippen LogP contribution in [0.2, 0.25) is 0 Å². The lowest BCUT2D eigenvalue weighted by molar-refractivity contribution is -0.156. The summed E-state index contributed by atoms with van der Waals surface area (Å²) in [5, 5.41) is 0. The van der Waals surface area contributed by atoms with Gasteiger partial charge in [0.1, 0.15) is 41.0 Å². The van der Waals surface area contributed by atoms with Crippen molar-refractivity contribution in [2.75, 3.05) is 32.5 Å². The molecule has 11 heteroatoms. The molecule has 0 unspecified atom stereocenters. The van der Waals surface area contributed by atoms with Gasteiger partial charge in [0.15, 0.2) is 12.6 Å². The molecule has 0 aliphatic carbocycles. The van der Waals surface area contributed by atoms with Crippen molar-refractivity contribution in [3.63, 3.8) is 0 Å². The Hall–Kier alpha value is -3.90. The van der Waals surface area contributed by atoms with Crippen molar-refractivity contribution >= 4 is 23.8 Å². The molecule has 1 saturated heterocycles. The highest BCUT2D eigenvalue weighted by Gasteiger charge is 2.44. The fraction of sp³-hybridized carbons (Fsp3) is 0.538. The number of benzene rings is 2. The summed E-state index contributed by atoms with van der Waals surface area (Å²) in [6.45, 7) is 15.4. The normalized spacial score (nSPS) is 24.3. The molecule has 1 amide bonds. The molecule has 0 N–H and O–H groups in total. The van der Waals surface area contributed by atoms with Crippen LogP contribution in [0.3, 0.4) is 0 Å². The van der Waals surface area contributed by atoms with Crippen LogP contribution in [0.4, 0.5) is 10.5 Å². The molecule has 2 aromatic rings. The predicted octanol–water partition coefficient (Wildman–Crippen LogP) is 7.70. The summed E-state index contributed by atoms with van der Waals surface area (Å²) in [4.78, 5) is 28.7. The van der Waals surface area contributed by atoms with Crippen LogP contribution in [-0.4, -0.2) is 75.4 Å². The Bertz CT molecular complexity index is 1510. The highest BCUT2D eigenvalue weighted by atomic mass is 16.8. The monoisotopic (exact) mass is 695 g/mol. The summed E-state index contributed by atoms with van der Waals surface area (Å²) in [6, 6.07) is 11.1. The van der Waals surface area contributed by atoms with E-state index < -0.39 is 41.8 Å². The van der Waals surface area contributed by atoms with Gasteiger partial charge in [-0.2, -0.15) is 0 Å². The van der Waals surface area contributed by atoms with E-state index in [1.165, 1.54) is 12.0 Å². The number of ether oxygens (including phenoxy) is 8. The van der Waals surface area contributed by atoms with Crippen molar-refractivity contribution in [3.8, 4) is 11.5 Å². The van der Waals surface area contributed by atoms with Gasteiger partial charge in [-0.3, -0.25) is 4.90 Å². The lowest BCUT2D eigenvalue weighted by Gasteiger charge is -2.28. The van der Waals surface area contributed by atoms with Gasteiger partial charge in [-0.05, 0) is 84.2 Å². The number of carbonyl (C=O) groups excluding carboxylic acids is 2. The van der Waals surface area contributed by atoms with Gasteiger partial charge in [0.25, 0.3) is 0 Å². The van der Waals surface area contributed by atoms with E-state index in [0.29, 0.717) is 30.8 Å². The molecular weight excluding hydrogens is 642 g/mol. The molecule has 0 spiro atoms. The molecule has 5 atom stereocenters. The average molecular weight is 696 g/mol. The molecule has 0 bridgehead atoms. The van der Waals surface area contributed by atoms with E-state index in [4.69, 9.17) is 37.9 Å². The van der Waals surface area contributed by atoms with E-state index in [1.54, 1.807) is 19.2 Å². The van der Waals surface area contributed by atoms with Crippen molar-refractivity contribution in [2.24, 2.45) is 5.92 Å². The molecule has 4 rings (SSSR count). The fourth-order valence-corrected chi connectivity index (χ4v) is 5.70. The lowest BCUT2D eigenvalue weighted by atomic mass is 9.98. The number of fused-ring (bicyclic) bond motifs is 2. The number of esters is 1. The second kappa shape index (κ2) is 16.9. The molecule has 0 saturated carbocycles. The van der Waals surface area contributed by atoms with Crippen molar-refractivity contribution in [2.45, 2.75) is 104 Å². The number of rotatable bonds is 9. The summed E-state index contributed by atoms with van der Waals surface area (Å²) >= 11 is 0. The van der Waals surface area contributed by atoms with Crippen LogP contribution in [-0.2, 0) is 35.0 Å². The maximum absolute atomic E-state index is 13.9. The van der Waals surface area contributed by atoms with Gasteiger partial charge in [0, 0.05) is 25.6 Å². The minimum atomic E-state index is -0.855. The van der Waals surface area contributed by atoms with E-state index in [0.717, 1.165) is 11.3 Å². The molecule has 11 nitrogen and oxygen atoms in total. The topological polar surface area (TPSA) is 111 Å². The van der Waals surface area contributed by atoms with E-state index in [2.05, 4.69) is 0 Å². The minimum Gasteiger partial charge on any atom is -0.497 e. The zero-order valence-corrected chi connectivity index (χ0v) is 31.0. The Kier molecular flexibility index (Phi) is 13.1. The smallest absolute Gasteiger partial charge is 0.414 e. The summed E-state index contributed by atoms with van der Waals surface area (Å²) in [6.07, 6.45) is 5.81. The Morgan fingerprint density at radius 3 is 2.40 bits per heavy atom. The van der Waals surface area contributed by atoms with Gasteiger partial charge in [-0.1, -0.05) is 43.4 Å². The van der Waals surface area contributed by atoms with Gasteiger partial charge in [0.05, 0.1) is 25.5 Å². The van der Waals surface area contributed by atoms with Crippen LogP contribution in [0.5, 0.6) is 11.5 Å². The molecule has 0 radical (unpaired) electrons. The first-order valence-corrected chi connectivity index (χ1v) is 17.1. The average Bonchev–Trinajstić information content (AvgIpc) is 3.36. The van der Waals surface area contributed by atoms with E-state index in [9.17, 15) is 9.59 Å². The van der Waals surface area contributed by atoms with Crippen molar-refractivity contribution < 1.29 is 47.5 Å². The number of anilines is 1. The van der Waals surface area contributed by atoms with Gasteiger partial charge in [-0.15, -0.1) is 0 Å². The second-order valence-corrected chi connectivity index (χ2v) is 13.9. The maximum Gasteiger partial charge on any atom is 0.414 e. The van der Waals surface area contributed by atoms with Crippen LogP contribution < -0.4 is 14.4 Å². The van der Waals surface area contributed by atoms with E-state index >= 15 is 0 Å². The van der Waals surface area contributed by atoms with Crippen LogP contribution in [0.1, 0.15) is 83.3 Å². The molecular formula is C39H53NO10. The van der Waals surface area contributed by atoms with E-state index in [-0.39, 0.29) is 30.1 Å². The standard InChI is InChI=1S/C39H53NO10/c1-11-40(37(42)50-38(4,5)6)29-21-28-13-12-14-32-35(49-39(7,8)48-32)31(45-23-27-16-18-30(44-10)19-17-27)20-15-25(2)26(3)47-36(41)34(28)33(22-29)46-24-43-9/h12-13,15-22,25-26,31-32,35H,11,14,23-24H2,1-10H3/b13-12?,20-15-/t25-,26+,31-,32+,35-/m1/s1. The number of carbonyl (C=O) groups is 2. The Labute approximate surface area is 296 Å². The number of cyclic esters (lactones) is 1. The summed E-state index contributed by atoms with van der Waals surface area (Å²) in [5.74, 6) is -0.633. The van der Waals surface area contributed by atoms with Gasteiger partial charge >= 0.3 is 12.1 Å². The third-order valence-corrected chi connectivity index (χ3v) is 8.35. The molecule has 2 aliphatic rings. The quantitative estimate of drug-likeness (QED) is 0.147. The number of hydrogen-bond donors (Lipinski definition) is 0. The predicted molar refractivity (Wildman–Crippen MR) is 190 cm³/mol.